The first-order chi connectivity index (χ1) is 10.7. The summed E-state index contributed by atoms with van der Waals surface area (Å²) in [6.07, 6.45) is 3.94. The molecule has 1 aromatic carbocycles. The molecule has 0 unspecified atom stereocenters. The Balaban J connectivity index is 1.59. The van der Waals surface area contributed by atoms with Crippen LogP contribution < -0.4 is 0 Å². The van der Waals surface area contributed by atoms with E-state index in [0.717, 1.165) is 5.56 Å². The van der Waals surface area contributed by atoms with Gasteiger partial charge in [-0.3, -0.25) is 9.69 Å². The summed E-state index contributed by atoms with van der Waals surface area (Å²) < 4.78 is 11.0. The quantitative estimate of drug-likeness (QED) is 0.797. The molecule has 4 atom stereocenters. The van der Waals surface area contributed by atoms with Gasteiger partial charge in [0.2, 0.25) is 0 Å². The standard InChI is InChI=1S/C17H17NO4/c19-14-9-13-6-7-15(22-13)16(14)18-12(10-21-17(18)20)8-11-4-2-1-3-5-11/h1-7,12-13,15-16H,8-10H2/t12-,13+,15-,16-/m1/s1. The highest BCUT2D eigenvalue weighted by atomic mass is 16.6. The summed E-state index contributed by atoms with van der Waals surface area (Å²) in [6.45, 7) is 0.317. The number of ketones is 1. The van der Waals surface area contributed by atoms with Crippen molar-refractivity contribution in [3.05, 3.63) is 48.0 Å². The Hall–Kier alpha value is -2.14. The summed E-state index contributed by atoms with van der Waals surface area (Å²) in [5.41, 5.74) is 1.12. The van der Waals surface area contributed by atoms with Crippen molar-refractivity contribution >= 4 is 11.9 Å². The van der Waals surface area contributed by atoms with Crippen LogP contribution in [-0.4, -0.2) is 47.7 Å². The number of cyclic esters (lactones) is 1. The van der Waals surface area contributed by atoms with Gasteiger partial charge in [0.25, 0.3) is 0 Å². The number of carbonyl (C=O) groups excluding carboxylic acids is 2. The number of fused-ring (bicyclic) bond motifs is 2. The summed E-state index contributed by atoms with van der Waals surface area (Å²) >= 11 is 0. The molecule has 3 aliphatic heterocycles. The Morgan fingerprint density at radius 1 is 1.14 bits per heavy atom. The SMILES string of the molecule is O=C1C[C@@H]2C=C[C@@H](O2)[C@@H]1N1C(=O)OC[C@H]1Cc1ccccc1. The van der Waals surface area contributed by atoms with Gasteiger partial charge < -0.3 is 9.47 Å². The minimum Gasteiger partial charge on any atom is -0.447 e. The first kappa shape index (κ1) is 13.5. The Kier molecular flexibility index (Phi) is 3.22. The number of amides is 1. The zero-order valence-electron chi connectivity index (χ0n) is 12.1. The van der Waals surface area contributed by atoms with E-state index in [1.807, 2.05) is 42.5 Å². The van der Waals surface area contributed by atoms with Crippen LogP contribution in [0.4, 0.5) is 4.79 Å². The number of nitrogens with zero attached hydrogens (tertiary/aromatic N) is 1. The van der Waals surface area contributed by atoms with Crippen LogP contribution >= 0.6 is 0 Å². The lowest BCUT2D eigenvalue weighted by Gasteiger charge is -2.36. The molecule has 0 spiro atoms. The lowest BCUT2D eigenvalue weighted by atomic mass is 9.97. The highest BCUT2D eigenvalue weighted by Gasteiger charge is 2.49. The fourth-order valence-corrected chi connectivity index (χ4v) is 3.49. The average Bonchev–Trinajstić information content (AvgIpc) is 3.07. The lowest BCUT2D eigenvalue weighted by molar-refractivity contribution is -0.137. The fraction of sp³-hybridized carbons (Fsp3) is 0.412. The number of hydrogen-bond donors (Lipinski definition) is 0. The van der Waals surface area contributed by atoms with Gasteiger partial charge in [-0.25, -0.2) is 4.79 Å². The van der Waals surface area contributed by atoms with Crippen LogP contribution in [0.5, 0.6) is 0 Å². The summed E-state index contributed by atoms with van der Waals surface area (Å²) in [5.74, 6) is 0.0585. The highest BCUT2D eigenvalue weighted by molar-refractivity contribution is 5.90. The van der Waals surface area contributed by atoms with Crippen LogP contribution in [0, 0.1) is 0 Å². The van der Waals surface area contributed by atoms with Crippen LogP contribution in [-0.2, 0) is 20.7 Å². The molecule has 5 nitrogen and oxygen atoms in total. The van der Waals surface area contributed by atoms with E-state index in [0.29, 0.717) is 19.4 Å². The number of ether oxygens (including phenoxy) is 2. The molecule has 0 saturated carbocycles. The first-order valence-electron chi connectivity index (χ1n) is 7.58. The Labute approximate surface area is 128 Å². The van der Waals surface area contributed by atoms with E-state index >= 15 is 0 Å². The monoisotopic (exact) mass is 299 g/mol. The van der Waals surface area contributed by atoms with E-state index in [1.54, 1.807) is 4.90 Å². The van der Waals surface area contributed by atoms with Crippen LogP contribution in [0.25, 0.3) is 0 Å². The lowest BCUT2D eigenvalue weighted by Crippen LogP contribution is -2.55. The van der Waals surface area contributed by atoms with Gasteiger partial charge in [-0.1, -0.05) is 42.5 Å². The normalized spacial score (nSPS) is 33.4. The second-order valence-corrected chi connectivity index (χ2v) is 5.97. The van der Waals surface area contributed by atoms with Gasteiger partial charge >= 0.3 is 6.09 Å². The van der Waals surface area contributed by atoms with Crippen molar-refractivity contribution in [3.8, 4) is 0 Å². The molecule has 2 saturated heterocycles. The van der Waals surface area contributed by atoms with Gasteiger partial charge in [-0.2, -0.15) is 0 Å². The molecule has 5 heteroatoms. The molecule has 2 fully saturated rings. The zero-order valence-corrected chi connectivity index (χ0v) is 12.1. The summed E-state index contributed by atoms with van der Waals surface area (Å²) in [5, 5.41) is 0. The maximum atomic E-state index is 12.4. The Morgan fingerprint density at radius 3 is 2.77 bits per heavy atom. The highest BCUT2D eigenvalue weighted by Crippen LogP contribution is 2.32. The van der Waals surface area contributed by atoms with E-state index in [9.17, 15) is 9.59 Å². The number of Topliss-reactive ketones (excluding diaryl/α,β-unsaturated/α-hetero) is 1. The van der Waals surface area contributed by atoms with Crippen molar-refractivity contribution in [3.63, 3.8) is 0 Å². The molecular weight excluding hydrogens is 282 g/mol. The maximum Gasteiger partial charge on any atom is 0.410 e. The molecule has 0 N–H and O–H groups in total. The largest absolute Gasteiger partial charge is 0.447 e. The smallest absolute Gasteiger partial charge is 0.410 e. The summed E-state index contributed by atoms with van der Waals surface area (Å²) in [6, 6.07) is 9.25. The van der Waals surface area contributed by atoms with E-state index in [4.69, 9.17) is 9.47 Å². The first-order valence-corrected chi connectivity index (χ1v) is 7.58. The summed E-state index contributed by atoms with van der Waals surface area (Å²) in [4.78, 5) is 26.2. The molecule has 0 radical (unpaired) electrons. The molecule has 4 rings (SSSR count). The van der Waals surface area contributed by atoms with Gasteiger partial charge in [-0.05, 0) is 12.0 Å². The maximum absolute atomic E-state index is 12.4. The van der Waals surface area contributed by atoms with Crippen molar-refractivity contribution in [1.29, 1.82) is 0 Å². The second-order valence-electron chi connectivity index (χ2n) is 5.97. The predicted molar refractivity (Wildman–Crippen MR) is 78.3 cm³/mol. The second kappa shape index (κ2) is 5.25. The third-order valence-electron chi connectivity index (χ3n) is 4.51. The molecule has 1 amide bonds. The molecule has 22 heavy (non-hydrogen) atoms. The zero-order chi connectivity index (χ0) is 15.1. The molecule has 114 valence electrons. The number of rotatable bonds is 3. The van der Waals surface area contributed by atoms with Crippen molar-refractivity contribution < 1.29 is 19.1 Å². The van der Waals surface area contributed by atoms with E-state index in [1.165, 1.54) is 0 Å². The van der Waals surface area contributed by atoms with Crippen LogP contribution in [0.15, 0.2) is 42.5 Å². The third-order valence-corrected chi connectivity index (χ3v) is 4.51. The molecule has 3 aliphatic rings. The molecule has 3 heterocycles. The average molecular weight is 299 g/mol. The van der Waals surface area contributed by atoms with Crippen molar-refractivity contribution in [2.45, 2.75) is 37.1 Å². The van der Waals surface area contributed by atoms with E-state index in [2.05, 4.69) is 0 Å². The van der Waals surface area contributed by atoms with Gasteiger partial charge in [0.15, 0.2) is 5.78 Å². The van der Waals surface area contributed by atoms with Crippen LogP contribution in [0.2, 0.25) is 0 Å². The van der Waals surface area contributed by atoms with E-state index in [-0.39, 0.29) is 24.0 Å². The molecule has 0 aliphatic carbocycles. The Bertz CT molecular complexity index is 627. The summed E-state index contributed by atoms with van der Waals surface area (Å²) in [7, 11) is 0. The number of hydrogen-bond acceptors (Lipinski definition) is 4. The van der Waals surface area contributed by atoms with Crippen molar-refractivity contribution in [2.24, 2.45) is 0 Å². The fourth-order valence-electron chi connectivity index (χ4n) is 3.49. The molecular formula is C17H17NO4. The van der Waals surface area contributed by atoms with Gasteiger partial charge in [0.05, 0.1) is 12.1 Å². The minimum absolute atomic E-state index is 0.0585. The third kappa shape index (κ3) is 2.22. The molecule has 2 bridgehead atoms. The molecule has 0 aromatic heterocycles. The van der Waals surface area contributed by atoms with Gasteiger partial charge in [0, 0.05) is 6.42 Å². The topological polar surface area (TPSA) is 55.8 Å². The number of carbonyl (C=O) groups is 2. The number of benzene rings is 1. The van der Waals surface area contributed by atoms with Crippen LogP contribution in [0.1, 0.15) is 12.0 Å². The van der Waals surface area contributed by atoms with Crippen LogP contribution in [0.3, 0.4) is 0 Å². The molecule has 1 aromatic rings. The predicted octanol–water partition coefficient (Wildman–Crippen LogP) is 1.71. The van der Waals surface area contributed by atoms with Crippen molar-refractivity contribution in [1.82, 2.24) is 4.90 Å². The van der Waals surface area contributed by atoms with E-state index < -0.39 is 12.1 Å². The van der Waals surface area contributed by atoms with Gasteiger partial charge in [0.1, 0.15) is 18.8 Å². The van der Waals surface area contributed by atoms with Crippen molar-refractivity contribution in [2.75, 3.05) is 6.61 Å². The minimum atomic E-state index is -0.557. The Morgan fingerprint density at radius 2 is 1.95 bits per heavy atom. The van der Waals surface area contributed by atoms with Gasteiger partial charge in [-0.15, -0.1) is 0 Å².